The van der Waals surface area contributed by atoms with Crippen molar-refractivity contribution in [2.45, 2.75) is 13.2 Å². The summed E-state index contributed by atoms with van der Waals surface area (Å²) >= 11 is 0. The third-order valence-electron chi connectivity index (χ3n) is 2.90. The second-order valence-electron chi connectivity index (χ2n) is 4.59. The molecule has 0 fully saturated rings. The standard InChI is InChI=1S/C16H17FN2O2/c17-15-4-2-1-3-13(15)11-21-14-7-5-12(6-8-14)9-19-10-16(18)20/h1-8,19H,9-11H2,(H2,18,20). The smallest absolute Gasteiger partial charge is 0.231 e. The summed E-state index contributed by atoms with van der Waals surface area (Å²) in [5.41, 5.74) is 6.56. The van der Waals surface area contributed by atoms with Crippen LogP contribution < -0.4 is 15.8 Å². The van der Waals surface area contributed by atoms with E-state index in [1.807, 2.05) is 24.3 Å². The minimum absolute atomic E-state index is 0.144. The van der Waals surface area contributed by atoms with Gasteiger partial charge in [0.15, 0.2) is 0 Å². The molecule has 110 valence electrons. The molecule has 0 spiro atoms. The first-order chi connectivity index (χ1) is 10.1. The summed E-state index contributed by atoms with van der Waals surface area (Å²) in [6, 6.07) is 13.9. The predicted octanol–water partition coefficient (Wildman–Crippen LogP) is 1.98. The van der Waals surface area contributed by atoms with Crippen LogP contribution in [0, 0.1) is 5.82 Å². The van der Waals surface area contributed by atoms with E-state index in [0.29, 0.717) is 17.9 Å². The third kappa shape index (κ3) is 4.89. The highest BCUT2D eigenvalue weighted by atomic mass is 19.1. The molecule has 0 unspecified atom stereocenters. The summed E-state index contributed by atoms with van der Waals surface area (Å²) in [5, 5.41) is 2.92. The number of carbonyl (C=O) groups excluding carboxylic acids is 1. The lowest BCUT2D eigenvalue weighted by Crippen LogP contribution is -2.28. The Kier molecular flexibility index (Phi) is 5.29. The number of hydrogen-bond acceptors (Lipinski definition) is 3. The Labute approximate surface area is 122 Å². The minimum atomic E-state index is -0.389. The second kappa shape index (κ2) is 7.40. The predicted molar refractivity (Wildman–Crippen MR) is 78.1 cm³/mol. The maximum Gasteiger partial charge on any atom is 0.231 e. The van der Waals surface area contributed by atoms with Crippen LogP contribution in [0.2, 0.25) is 0 Å². The fraction of sp³-hybridized carbons (Fsp3) is 0.188. The van der Waals surface area contributed by atoms with Gasteiger partial charge in [-0.25, -0.2) is 4.39 Å². The number of amides is 1. The number of hydrogen-bond donors (Lipinski definition) is 2. The van der Waals surface area contributed by atoms with E-state index in [1.165, 1.54) is 6.07 Å². The number of rotatable bonds is 7. The molecule has 0 atom stereocenters. The highest BCUT2D eigenvalue weighted by Gasteiger charge is 2.02. The molecule has 21 heavy (non-hydrogen) atoms. The average molecular weight is 288 g/mol. The maximum absolute atomic E-state index is 13.4. The lowest BCUT2D eigenvalue weighted by Gasteiger charge is -2.08. The molecule has 2 aromatic rings. The summed E-state index contributed by atoms with van der Waals surface area (Å²) in [5.74, 6) is 0.00140. The van der Waals surface area contributed by atoms with Crippen LogP contribution in [0.25, 0.3) is 0 Å². The number of carbonyl (C=O) groups is 1. The third-order valence-corrected chi connectivity index (χ3v) is 2.90. The Hall–Kier alpha value is -2.40. The normalized spacial score (nSPS) is 10.3. The van der Waals surface area contributed by atoms with Crippen LogP contribution in [0.1, 0.15) is 11.1 Å². The summed E-state index contributed by atoms with van der Waals surface area (Å²) < 4.78 is 19.0. The molecule has 4 nitrogen and oxygen atoms in total. The van der Waals surface area contributed by atoms with Crippen molar-refractivity contribution >= 4 is 5.91 Å². The molecule has 0 saturated heterocycles. The van der Waals surface area contributed by atoms with E-state index in [9.17, 15) is 9.18 Å². The summed E-state index contributed by atoms with van der Waals surface area (Å²) in [4.78, 5) is 10.6. The van der Waals surface area contributed by atoms with Crippen LogP contribution in [0.4, 0.5) is 4.39 Å². The molecule has 0 bridgehead atoms. The first kappa shape index (κ1) is 15.0. The topological polar surface area (TPSA) is 64.4 Å². The van der Waals surface area contributed by atoms with Crippen LogP contribution in [-0.4, -0.2) is 12.5 Å². The largest absolute Gasteiger partial charge is 0.489 e. The van der Waals surface area contributed by atoms with Gasteiger partial charge in [-0.2, -0.15) is 0 Å². The van der Waals surface area contributed by atoms with Gasteiger partial charge >= 0.3 is 0 Å². The van der Waals surface area contributed by atoms with Crippen LogP contribution >= 0.6 is 0 Å². The second-order valence-corrected chi connectivity index (χ2v) is 4.59. The summed E-state index contributed by atoms with van der Waals surface area (Å²) in [7, 11) is 0. The van der Waals surface area contributed by atoms with Crippen molar-refractivity contribution < 1.29 is 13.9 Å². The zero-order chi connectivity index (χ0) is 15.1. The number of nitrogens with two attached hydrogens (primary N) is 1. The van der Waals surface area contributed by atoms with E-state index < -0.39 is 0 Å². The molecule has 0 aliphatic carbocycles. The molecule has 0 aliphatic rings. The van der Waals surface area contributed by atoms with Gasteiger partial charge in [0.25, 0.3) is 0 Å². The van der Waals surface area contributed by atoms with Crippen LogP contribution in [0.5, 0.6) is 5.75 Å². The van der Waals surface area contributed by atoms with Gasteiger partial charge in [-0.05, 0) is 23.8 Å². The first-order valence-corrected chi connectivity index (χ1v) is 6.59. The quantitative estimate of drug-likeness (QED) is 0.819. The van der Waals surface area contributed by atoms with E-state index in [2.05, 4.69) is 5.32 Å². The van der Waals surface area contributed by atoms with Crippen molar-refractivity contribution in [1.82, 2.24) is 5.32 Å². The molecule has 0 aromatic heterocycles. The Morgan fingerprint density at radius 2 is 1.86 bits per heavy atom. The lowest BCUT2D eigenvalue weighted by atomic mass is 10.2. The SMILES string of the molecule is NC(=O)CNCc1ccc(OCc2ccccc2F)cc1. The van der Waals surface area contributed by atoms with Crippen LogP contribution in [0.15, 0.2) is 48.5 Å². The van der Waals surface area contributed by atoms with Crippen molar-refractivity contribution in [3.05, 3.63) is 65.5 Å². The minimum Gasteiger partial charge on any atom is -0.489 e. The Morgan fingerprint density at radius 1 is 1.14 bits per heavy atom. The summed E-state index contributed by atoms with van der Waals surface area (Å²) in [6.07, 6.45) is 0. The first-order valence-electron chi connectivity index (χ1n) is 6.59. The van der Waals surface area contributed by atoms with Crippen molar-refractivity contribution in [2.24, 2.45) is 5.73 Å². The molecule has 2 rings (SSSR count). The fourth-order valence-electron chi connectivity index (χ4n) is 1.81. The van der Waals surface area contributed by atoms with E-state index in [-0.39, 0.29) is 24.9 Å². The van der Waals surface area contributed by atoms with E-state index in [4.69, 9.17) is 10.5 Å². The van der Waals surface area contributed by atoms with E-state index >= 15 is 0 Å². The van der Waals surface area contributed by atoms with Gasteiger partial charge in [0.05, 0.1) is 6.54 Å². The molecular formula is C16H17FN2O2. The molecule has 0 radical (unpaired) electrons. The van der Waals surface area contributed by atoms with Crippen LogP contribution in [0.3, 0.4) is 0 Å². The van der Waals surface area contributed by atoms with Crippen molar-refractivity contribution in [3.8, 4) is 5.75 Å². The van der Waals surface area contributed by atoms with Gasteiger partial charge in [0.1, 0.15) is 18.2 Å². The molecule has 0 aliphatic heterocycles. The molecule has 0 heterocycles. The van der Waals surface area contributed by atoms with Gasteiger partial charge < -0.3 is 15.8 Å². The Balaban J connectivity index is 1.85. The van der Waals surface area contributed by atoms with Gasteiger partial charge in [-0.3, -0.25) is 4.79 Å². The Bertz CT molecular complexity index is 599. The van der Waals surface area contributed by atoms with E-state index in [0.717, 1.165) is 5.56 Å². The Morgan fingerprint density at radius 3 is 2.52 bits per heavy atom. The van der Waals surface area contributed by atoms with Gasteiger partial charge in [0, 0.05) is 12.1 Å². The number of nitrogens with one attached hydrogen (secondary N) is 1. The highest BCUT2D eigenvalue weighted by Crippen LogP contribution is 2.15. The zero-order valence-electron chi connectivity index (χ0n) is 11.5. The molecule has 2 aromatic carbocycles. The number of primary amides is 1. The van der Waals surface area contributed by atoms with Gasteiger partial charge in [-0.1, -0.05) is 30.3 Å². The monoisotopic (exact) mass is 288 g/mol. The van der Waals surface area contributed by atoms with Crippen molar-refractivity contribution in [3.63, 3.8) is 0 Å². The highest BCUT2D eigenvalue weighted by molar-refractivity contribution is 5.75. The van der Waals surface area contributed by atoms with Gasteiger partial charge in [-0.15, -0.1) is 0 Å². The van der Waals surface area contributed by atoms with E-state index in [1.54, 1.807) is 18.2 Å². The molecular weight excluding hydrogens is 271 g/mol. The molecule has 0 saturated carbocycles. The fourth-order valence-corrected chi connectivity index (χ4v) is 1.81. The number of benzene rings is 2. The average Bonchev–Trinajstić information content (AvgIpc) is 2.47. The zero-order valence-corrected chi connectivity index (χ0v) is 11.5. The molecule has 3 N–H and O–H groups in total. The summed E-state index contributed by atoms with van der Waals surface area (Å²) in [6.45, 7) is 0.883. The number of ether oxygens (including phenoxy) is 1. The lowest BCUT2D eigenvalue weighted by molar-refractivity contribution is -0.117. The van der Waals surface area contributed by atoms with Crippen molar-refractivity contribution in [2.75, 3.05) is 6.54 Å². The number of halogens is 1. The van der Waals surface area contributed by atoms with Gasteiger partial charge in [0.2, 0.25) is 5.91 Å². The molecule has 1 amide bonds. The maximum atomic E-state index is 13.4. The van der Waals surface area contributed by atoms with Crippen LogP contribution in [-0.2, 0) is 17.9 Å². The molecule has 5 heteroatoms. The van der Waals surface area contributed by atoms with Crippen molar-refractivity contribution in [1.29, 1.82) is 0 Å².